The van der Waals surface area contributed by atoms with Crippen LogP contribution in [0.15, 0.2) is 34.8 Å². The number of hydrogen-bond donors (Lipinski definition) is 1. The minimum Gasteiger partial charge on any atom is -0.312 e. The molecule has 0 spiro atoms. The Kier molecular flexibility index (Phi) is 4.31. The van der Waals surface area contributed by atoms with Crippen molar-refractivity contribution in [3.05, 3.63) is 45.5 Å². The van der Waals surface area contributed by atoms with Crippen molar-refractivity contribution < 1.29 is 4.39 Å². The number of benzene rings is 1. The van der Waals surface area contributed by atoms with Crippen LogP contribution in [0.1, 0.15) is 11.8 Å². The Morgan fingerprint density at radius 1 is 1.29 bits per heavy atom. The third-order valence-electron chi connectivity index (χ3n) is 2.40. The van der Waals surface area contributed by atoms with Crippen molar-refractivity contribution in [3.8, 4) is 10.4 Å². The number of nitrogens with one attached hydrogen (secondary N) is 1. The van der Waals surface area contributed by atoms with E-state index in [-0.39, 0.29) is 5.82 Å². The molecule has 2 rings (SSSR count). The van der Waals surface area contributed by atoms with E-state index in [2.05, 4.69) is 34.2 Å². The highest BCUT2D eigenvalue weighted by Gasteiger charge is 2.07. The van der Waals surface area contributed by atoms with Crippen LogP contribution in [0.3, 0.4) is 0 Å². The molecule has 1 N–H and O–H groups in total. The predicted octanol–water partition coefficient (Wildman–Crippen LogP) is 4.43. The zero-order chi connectivity index (χ0) is 12.3. The largest absolute Gasteiger partial charge is 0.312 e. The molecule has 1 aromatic heterocycles. The first kappa shape index (κ1) is 12.7. The highest BCUT2D eigenvalue weighted by molar-refractivity contribution is 9.10. The Morgan fingerprint density at radius 3 is 2.88 bits per heavy atom. The molecule has 0 amide bonds. The number of hydrogen-bond acceptors (Lipinski definition) is 2. The molecule has 1 heterocycles. The highest BCUT2D eigenvalue weighted by atomic mass is 79.9. The summed E-state index contributed by atoms with van der Waals surface area (Å²) in [5.74, 6) is -0.204. The fourth-order valence-electron chi connectivity index (χ4n) is 1.55. The van der Waals surface area contributed by atoms with Crippen LogP contribution in [-0.4, -0.2) is 6.54 Å². The van der Waals surface area contributed by atoms with Gasteiger partial charge >= 0.3 is 0 Å². The smallest absolute Gasteiger partial charge is 0.123 e. The Balaban J connectivity index is 2.27. The van der Waals surface area contributed by atoms with Gasteiger partial charge in [-0.2, -0.15) is 0 Å². The van der Waals surface area contributed by atoms with Crippen LogP contribution in [-0.2, 0) is 6.54 Å². The van der Waals surface area contributed by atoms with Gasteiger partial charge in [0.05, 0.1) is 0 Å². The Hall–Kier alpha value is -0.710. The van der Waals surface area contributed by atoms with Crippen LogP contribution < -0.4 is 5.32 Å². The van der Waals surface area contributed by atoms with Gasteiger partial charge in [-0.05, 0) is 36.9 Å². The van der Waals surface area contributed by atoms with Gasteiger partial charge in [-0.3, -0.25) is 0 Å². The van der Waals surface area contributed by atoms with Crippen LogP contribution in [0.4, 0.5) is 4.39 Å². The summed E-state index contributed by atoms with van der Waals surface area (Å²) >= 11 is 5.14. The van der Waals surface area contributed by atoms with Crippen molar-refractivity contribution in [3.63, 3.8) is 0 Å². The van der Waals surface area contributed by atoms with Gasteiger partial charge in [-0.1, -0.05) is 22.9 Å². The van der Waals surface area contributed by atoms with Gasteiger partial charge in [0.1, 0.15) is 5.82 Å². The zero-order valence-electron chi connectivity index (χ0n) is 9.47. The van der Waals surface area contributed by atoms with Crippen LogP contribution in [0.5, 0.6) is 0 Å². The maximum Gasteiger partial charge on any atom is 0.123 e. The maximum absolute atomic E-state index is 13.2. The molecule has 0 saturated carbocycles. The lowest BCUT2D eigenvalue weighted by atomic mass is 10.2. The van der Waals surface area contributed by atoms with E-state index in [1.165, 1.54) is 10.9 Å². The van der Waals surface area contributed by atoms with Crippen molar-refractivity contribution in [2.45, 2.75) is 13.5 Å². The lowest BCUT2D eigenvalue weighted by Crippen LogP contribution is -2.10. The summed E-state index contributed by atoms with van der Waals surface area (Å²) in [4.78, 5) is 2.35. The molecule has 0 aliphatic heterocycles. The summed E-state index contributed by atoms with van der Waals surface area (Å²) in [6.45, 7) is 3.91. The highest BCUT2D eigenvalue weighted by Crippen LogP contribution is 2.34. The molecular weight excluding hydrogens is 301 g/mol. The van der Waals surface area contributed by atoms with E-state index >= 15 is 0 Å². The van der Waals surface area contributed by atoms with Gasteiger partial charge in [-0.25, -0.2) is 4.39 Å². The van der Waals surface area contributed by atoms with Crippen LogP contribution in [0.25, 0.3) is 10.4 Å². The Labute approximate surface area is 113 Å². The number of rotatable bonds is 4. The van der Waals surface area contributed by atoms with Crippen LogP contribution >= 0.6 is 27.3 Å². The van der Waals surface area contributed by atoms with E-state index < -0.39 is 0 Å². The molecule has 17 heavy (non-hydrogen) atoms. The summed E-state index contributed by atoms with van der Waals surface area (Å²) in [5.41, 5.74) is 0.915. The van der Waals surface area contributed by atoms with Crippen molar-refractivity contribution in [2.75, 3.05) is 6.54 Å². The van der Waals surface area contributed by atoms with E-state index in [1.807, 2.05) is 6.07 Å². The third-order valence-corrected chi connectivity index (χ3v) is 4.21. The van der Waals surface area contributed by atoms with Gasteiger partial charge in [0, 0.05) is 26.3 Å². The van der Waals surface area contributed by atoms with Crippen molar-refractivity contribution >= 4 is 27.3 Å². The van der Waals surface area contributed by atoms with E-state index in [0.29, 0.717) is 0 Å². The van der Waals surface area contributed by atoms with Gasteiger partial charge in [0.15, 0.2) is 0 Å². The monoisotopic (exact) mass is 313 g/mol. The fraction of sp³-hybridized carbons (Fsp3) is 0.231. The lowest BCUT2D eigenvalue weighted by Gasteiger charge is -2.01. The van der Waals surface area contributed by atoms with Gasteiger partial charge < -0.3 is 5.32 Å². The molecule has 0 radical (unpaired) electrons. The van der Waals surface area contributed by atoms with Crippen molar-refractivity contribution in [1.29, 1.82) is 0 Å². The molecule has 1 aromatic carbocycles. The number of halogens is 2. The summed E-state index contributed by atoms with van der Waals surface area (Å²) in [5, 5.41) is 3.28. The molecule has 0 saturated heterocycles. The van der Waals surface area contributed by atoms with E-state index in [4.69, 9.17) is 0 Å². The molecule has 1 nitrogen and oxygen atoms in total. The first-order valence-corrected chi connectivity index (χ1v) is 7.06. The van der Waals surface area contributed by atoms with E-state index in [1.54, 1.807) is 23.5 Å². The van der Waals surface area contributed by atoms with Crippen molar-refractivity contribution in [2.24, 2.45) is 0 Å². The standard InChI is InChI=1S/C13H13BrFNS/c1-2-16-8-10-4-6-13(17-10)11-7-9(15)3-5-12(11)14/h3-7,16H,2,8H2,1H3. The molecule has 0 aliphatic rings. The quantitative estimate of drug-likeness (QED) is 0.880. The Bertz CT molecular complexity index is 510. The topological polar surface area (TPSA) is 12.0 Å². The third kappa shape index (κ3) is 3.15. The summed E-state index contributed by atoms with van der Waals surface area (Å²) in [6.07, 6.45) is 0. The summed E-state index contributed by atoms with van der Waals surface area (Å²) < 4.78 is 14.1. The molecule has 0 bridgehead atoms. The van der Waals surface area contributed by atoms with E-state index in [0.717, 1.165) is 28.0 Å². The van der Waals surface area contributed by atoms with E-state index in [9.17, 15) is 4.39 Å². The molecule has 2 aromatic rings. The second kappa shape index (κ2) is 5.76. The molecular formula is C13H13BrFNS. The fourth-order valence-corrected chi connectivity index (χ4v) is 3.15. The molecule has 90 valence electrons. The molecule has 0 aliphatic carbocycles. The lowest BCUT2D eigenvalue weighted by molar-refractivity contribution is 0.628. The summed E-state index contributed by atoms with van der Waals surface area (Å²) in [7, 11) is 0. The van der Waals surface area contributed by atoms with Crippen LogP contribution in [0.2, 0.25) is 0 Å². The molecule has 4 heteroatoms. The first-order chi connectivity index (χ1) is 8.20. The summed E-state index contributed by atoms with van der Waals surface area (Å²) in [6, 6.07) is 8.89. The second-order valence-corrected chi connectivity index (χ2v) is 5.69. The molecule has 0 atom stereocenters. The zero-order valence-corrected chi connectivity index (χ0v) is 11.9. The normalized spacial score (nSPS) is 10.8. The maximum atomic E-state index is 13.2. The first-order valence-electron chi connectivity index (χ1n) is 5.45. The van der Waals surface area contributed by atoms with Gasteiger partial charge in [-0.15, -0.1) is 11.3 Å². The SMILES string of the molecule is CCNCc1ccc(-c2cc(F)ccc2Br)s1. The number of thiophene rings is 1. The van der Waals surface area contributed by atoms with Crippen molar-refractivity contribution in [1.82, 2.24) is 5.32 Å². The second-order valence-electron chi connectivity index (χ2n) is 3.67. The van der Waals surface area contributed by atoms with Gasteiger partial charge in [0.2, 0.25) is 0 Å². The van der Waals surface area contributed by atoms with Gasteiger partial charge in [0.25, 0.3) is 0 Å². The minimum absolute atomic E-state index is 0.204. The molecule has 0 unspecified atom stereocenters. The average molecular weight is 314 g/mol. The average Bonchev–Trinajstić information content (AvgIpc) is 2.78. The van der Waals surface area contributed by atoms with Crippen LogP contribution in [0, 0.1) is 5.82 Å². The Morgan fingerprint density at radius 2 is 2.12 bits per heavy atom. The molecule has 0 fully saturated rings. The predicted molar refractivity (Wildman–Crippen MR) is 74.8 cm³/mol. The minimum atomic E-state index is -0.204.